The molecule has 0 saturated carbocycles. The van der Waals surface area contributed by atoms with E-state index in [1.165, 1.54) is 11.1 Å². The minimum atomic E-state index is -0.0849. The van der Waals surface area contributed by atoms with Crippen molar-refractivity contribution in [1.82, 2.24) is 0 Å². The van der Waals surface area contributed by atoms with E-state index >= 15 is 0 Å². The van der Waals surface area contributed by atoms with Crippen LogP contribution in [0.5, 0.6) is 5.75 Å². The summed E-state index contributed by atoms with van der Waals surface area (Å²) in [6.07, 6.45) is 1.02. The van der Waals surface area contributed by atoms with E-state index in [-0.39, 0.29) is 12.0 Å². The molecule has 0 atom stereocenters. The van der Waals surface area contributed by atoms with Gasteiger partial charge in [-0.2, -0.15) is 0 Å². The van der Waals surface area contributed by atoms with Gasteiger partial charge in [-0.05, 0) is 41.2 Å². The van der Waals surface area contributed by atoms with Gasteiger partial charge in [0.25, 0.3) is 0 Å². The second kappa shape index (κ2) is 6.35. The van der Waals surface area contributed by atoms with Gasteiger partial charge < -0.3 is 14.3 Å². The summed E-state index contributed by atoms with van der Waals surface area (Å²) < 4.78 is 11.4. The maximum absolute atomic E-state index is 9.01. The highest BCUT2D eigenvalue weighted by atomic mass is 16.5. The molecule has 3 heteroatoms. The minimum Gasteiger partial charge on any atom is -0.485 e. The number of benzene rings is 1. The summed E-state index contributed by atoms with van der Waals surface area (Å²) in [5.74, 6) is 2.17. The highest BCUT2D eigenvalue weighted by Crippen LogP contribution is 2.33. The first kappa shape index (κ1) is 15.6. The van der Waals surface area contributed by atoms with E-state index in [2.05, 4.69) is 39.8 Å². The SMILES string of the molecule is CCc1ccc(OCc2ccc(CO)o2)c(C(C)(C)C)c1. The number of aliphatic hydroxyl groups excluding tert-OH is 1. The van der Waals surface area contributed by atoms with Crippen molar-refractivity contribution in [2.24, 2.45) is 0 Å². The number of ether oxygens (including phenoxy) is 1. The van der Waals surface area contributed by atoms with Gasteiger partial charge in [0.15, 0.2) is 0 Å². The van der Waals surface area contributed by atoms with Crippen LogP contribution in [-0.2, 0) is 25.0 Å². The lowest BCUT2D eigenvalue weighted by Gasteiger charge is -2.23. The third-order valence-corrected chi connectivity index (χ3v) is 3.50. The molecule has 0 fully saturated rings. The molecule has 1 N–H and O–H groups in total. The molecule has 0 aliphatic rings. The first-order valence-electron chi connectivity index (χ1n) is 7.38. The molecule has 1 heterocycles. The Bertz CT molecular complexity index is 591. The Morgan fingerprint density at radius 1 is 1.10 bits per heavy atom. The highest BCUT2D eigenvalue weighted by molar-refractivity contribution is 5.41. The Morgan fingerprint density at radius 2 is 1.81 bits per heavy atom. The summed E-state index contributed by atoms with van der Waals surface area (Å²) in [6, 6.07) is 9.96. The molecule has 2 aromatic rings. The Morgan fingerprint density at radius 3 is 2.38 bits per heavy atom. The molecule has 0 spiro atoms. The largest absolute Gasteiger partial charge is 0.485 e. The summed E-state index contributed by atoms with van der Waals surface area (Å²) in [4.78, 5) is 0. The van der Waals surface area contributed by atoms with Crippen molar-refractivity contribution in [1.29, 1.82) is 0 Å². The van der Waals surface area contributed by atoms with E-state index in [0.717, 1.165) is 17.9 Å². The summed E-state index contributed by atoms with van der Waals surface area (Å²) in [7, 11) is 0. The lowest BCUT2D eigenvalue weighted by molar-refractivity contribution is 0.223. The number of rotatable bonds is 5. The van der Waals surface area contributed by atoms with Crippen LogP contribution < -0.4 is 4.74 Å². The molecule has 114 valence electrons. The van der Waals surface area contributed by atoms with Crippen LogP contribution in [0.25, 0.3) is 0 Å². The van der Waals surface area contributed by atoms with Gasteiger partial charge in [0, 0.05) is 0 Å². The molecule has 1 aromatic carbocycles. The van der Waals surface area contributed by atoms with Gasteiger partial charge in [-0.3, -0.25) is 0 Å². The van der Waals surface area contributed by atoms with Gasteiger partial charge in [-0.25, -0.2) is 0 Å². The zero-order valence-electron chi connectivity index (χ0n) is 13.3. The molecule has 0 aliphatic carbocycles. The number of hydrogen-bond donors (Lipinski definition) is 1. The van der Waals surface area contributed by atoms with Crippen LogP contribution in [0.4, 0.5) is 0 Å². The fourth-order valence-corrected chi connectivity index (χ4v) is 2.24. The molecule has 0 amide bonds. The van der Waals surface area contributed by atoms with Crippen LogP contribution in [0.15, 0.2) is 34.7 Å². The van der Waals surface area contributed by atoms with Crippen molar-refractivity contribution < 1.29 is 14.3 Å². The van der Waals surface area contributed by atoms with Gasteiger partial charge in [0.1, 0.15) is 30.5 Å². The van der Waals surface area contributed by atoms with Crippen LogP contribution in [0.1, 0.15) is 50.3 Å². The Kier molecular flexibility index (Phi) is 4.73. The van der Waals surface area contributed by atoms with Gasteiger partial charge in [-0.1, -0.05) is 39.8 Å². The number of aliphatic hydroxyl groups is 1. The molecule has 0 unspecified atom stereocenters. The first-order chi connectivity index (χ1) is 9.94. The molecule has 0 saturated heterocycles. The maximum atomic E-state index is 9.01. The van der Waals surface area contributed by atoms with E-state index in [9.17, 15) is 0 Å². The molecule has 21 heavy (non-hydrogen) atoms. The van der Waals surface area contributed by atoms with E-state index in [1.807, 2.05) is 12.1 Å². The normalized spacial score (nSPS) is 11.7. The van der Waals surface area contributed by atoms with Crippen LogP contribution in [-0.4, -0.2) is 5.11 Å². The predicted molar refractivity (Wildman–Crippen MR) is 83.5 cm³/mol. The zero-order valence-corrected chi connectivity index (χ0v) is 13.3. The Labute approximate surface area is 126 Å². The summed E-state index contributed by atoms with van der Waals surface area (Å²) in [5, 5.41) is 9.01. The smallest absolute Gasteiger partial charge is 0.146 e. The van der Waals surface area contributed by atoms with Crippen molar-refractivity contribution in [3.05, 3.63) is 53.0 Å². The van der Waals surface area contributed by atoms with Crippen LogP contribution >= 0.6 is 0 Å². The topological polar surface area (TPSA) is 42.6 Å². The van der Waals surface area contributed by atoms with Crippen molar-refractivity contribution in [2.75, 3.05) is 0 Å². The third kappa shape index (κ3) is 3.88. The fraction of sp³-hybridized carbons (Fsp3) is 0.444. The predicted octanol–water partition coefficient (Wildman–Crippen LogP) is 4.21. The number of aryl methyl sites for hydroxylation is 1. The second-order valence-electron chi connectivity index (χ2n) is 6.25. The van der Waals surface area contributed by atoms with Gasteiger partial charge in [0.05, 0.1) is 0 Å². The molecule has 1 aromatic heterocycles. The number of furan rings is 1. The van der Waals surface area contributed by atoms with Crippen molar-refractivity contribution >= 4 is 0 Å². The van der Waals surface area contributed by atoms with Crippen molar-refractivity contribution in [3.8, 4) is 5.75 Å². The first-order valence-corrected chi connectivity index (χ1v) is 7.38. The Hall–Kier alpha value is -1.74. The summed E-state index contributed by atoms with van der Waals surface area (Å²) >= 11 is 0. The monoisotopic (exact) mass is 288 g/mol. The lowest BCUT2D eigenvalue weighted by atomic mass is 9.85. The van der Waals surface area contributed by atoms with E-state index in [0.29, 0.717) is 12.4 Å². The van der Waals surface area contributed by atoms with E-state index in [4.69, 9.17) is 14.3 Å². The second-order valence-corrected chi connectivity index (χ2v) is 6.25. The number of hydrogen-bond acceptors (Lipinski definition) is 3. The van der Waals surface area contributed by atoms with Crippen LogP contribution in [0, 0.1) is 0 Å². The molecule has 3 nitrogen and oxygen atoms in total. The lowest BCUT2D eigenvalue weighted by Crippen LogP contribution is -2.14. The van der Waals surface area contributed by atoms with Gasteiger partial charge in [0.2, 0.25) is 0 Å². The molecule has 0 aliphatic heterocycles. The molecule has 2 rings (SSSR count). The average Bonchev–Trinajstić information content (AvgIpc) is 2.92. The third-order valence-electron chi connectivity index (χ3n) is 3.50. The quantitative estimate of drug-likeness (QED) is 0.896. The average molecular weight is 288 g/mol. The molecule has 0 bridgehead atoms. The molecular formula is C18H24O3. The van der Waals surface area contributed by atoms with Gasteiger partial charge >= 0.3 is 0 Å². The summed E-state index contributed by atoms with van der Waals surface area (Å²) in [5.41, 5.74) is 2.54. The maximum Gasteiger partial charge on any atom is 0.146 e. The van der Waals surface area contributed by atoms with Gasteiger partial charge in [-0.15, -0.1) is 0 Å². The minimum absolute atomic E-state index is 0.0277. The Balaban J connectivity index is 2.19. The van der Waals surface area contributed by atoms with E-state index < -0.39 is 0 Å². The van der Waals surface area contributed by atoms with Crippen LogP contribution in [0.3, 0.4) is 0 Å². The van der Waals surface area contributed by atoms with Crippen LogP contribution in [0.2, 0.25) is 0 Å². The highest BCUT2D eigenvalue weighted by Gasteiger charge is 2.19. The molecular weight excluding hydrogens is 264 g/mol. The standard InChI is InChI=1S/C18H24O3/c1-5-13-6-9-17(16(10-13)18(2,3)4)20-12-15-8-7-14(11-19)21-15/h6-10,19H,5,11-12H2,1-4H3. The molecule has 0 radical (unpaired) electrons. The van der Waals surface area contributed by atoms with Crippen molar-refractivity contribution in [2.45, 2.75) is 52.7 Å². The van der Waals surface area contributed by atoms with E-state index in [1.54, 1.807) is 6.07 Å². The fourth-order valence-electron chi connectivity index (χ4n) is 2.24. The zero-order chi connectivity index (χ0) is 15.5. The summed E-state index contributed by atoms with van der Waals surface area (Å²) in [6.45, 7) is 9.00. The van der Waals surface area contributed by atoms with Crippen molar-refractivity contribution in [3.63, 3.8) is 0 Å².